The van der Waals surface area contributed by atoms with E-state index < -0.39 is 0 Å². The number of rotatable bonds is 3. The molecule has 142 valence electrons. The molecule has 3 amide bonds. The van der Waals surface area contributed by atoms with Crippen LogP contribution < -0.4 is 10.2 Å². The average Bonchev–Trinajstić information content (AvgIpc) is 2.67. The van der Waals surface area contributed by atoms with Gasteiger partial charge >= 0.3 is 6.03 Å². The van der Waals surface area contributed by atoms with Crippen molar-refractivity contribution in [3.05, 3.63) is 48.3 Å². The van der Waals surface area contributed by atoms with Crippen LogP contribution in [-0.4, -0.2) is 72.1 Å². The minimum atomic E-state index is -0.217. The van der Waals surface area contributed by atoms with Gasteiger partial charge in [0, 0.05) is 63.9 Å². The van der Waals surface area contributed by atoms with Gasteiger partial charge in [-0.1, -0.05) is 6.07 Å². The number of amides is 3. The maximum absolute atomic E-state index is 12.5. The summed E-state index contributed by atoms with van der Waals surface area (Å²) in [4.78, 5) is 33.9. The van der Waals surface area contributed by atoms with Gasteiger partial charge in [0.1, 0.15) is 11.4 Å². The Kier molecular flexibility index (Phi) is 5.44. The number of piperazine rings is 1. The molecule has 0 bridgehead atoms. The van der Waals surface area contributed by atoms with E-state index in [1.165, 1.54) is 11.1 Å². The third kappa shape index (κ3) is 4.46. The molecule has 2 N–H and O–H groups in total. The van der Waals surface area contributed by atoms with E-state index in [1.54, 1.807) is 49.3 Å². The molecule has 1 saturated heterocycles. The number of carbonyl (C=O) groups is 2. The van der Waals surface area contributed by atoms with E-state index >= 15 is 0 Å². The van der Waals surface area contributed by atoms with E-state index in [-0.39, 0.29) is 23.4 Å². The fourth-order valence-electron chi connectivity index (χ4n) is 2.91. The summed E-state index contributed by atoms with van der Waals surface area (Å²) in [6.45, 7) is 2.49. The van der Waals surface area contributed by atoms with Gasteiger partial charge in [-0.3, -0.25) is 9.78 Å². The van der Waals surface area contributed by atoms with E-state index in [4.69, 9.17) is 0 Å². The van der Waals surface area contributed by atoms with E-state index in [9.17, 15) is 14.7 Å². The van der Waals surface area contributed by atoms with Gasteiger partial charge in [0.05, 0.1) is 0 Å². The minimum absolute atomic E-state index is 0.208. The number of pyridine rings is 1. The maximum atomic E-state index is 12.5. The number of hydrogen-bond acceptors (Lipinski definition) is 5. The number of phenols is 1. The van der Waals surface area contributed by atoms with Crippen molar-refractivity contribution in [1.29, 1.82) is 0 Å². The number of benzene rings is 1. The quantitative estimate of drug-likeness (QED) is 0.862. The molecule has 8 heteroatoms. The molecular formula is C19H23N5O3. The topological polar surface area (TPSA) is 89.0 Å². The fraction of sp³-hybridized carbons (Fsp3) is 0.316. The van der Waals surface area contributed by atoms with Crippen molar-refractivity contribution >= 4 is 23.3 Å². The molecule has 3 rings (SSSR count). The molecule has 27 heavy (non-hydrogen) atoms. The van der Waals surface area contributed by atoms with E-state index in [2.05, 4.69) is 15.2 Å². The Morgan fingerprint density at radius 2 is 1.85 bits per heavy atom. The smallest absolute Gasteiger partial charge is 0.321 e. The predicted molar refractivity (Wildman–Crippen MR) is 103 cm³/mol. The summed E-state index contributed by atoms with van der Waals surface area (Å²) >= 11 is 0. The van der Waals surface area contributed by atoms with Gasteiger partial charge in [-0.15, -0.1) is 0 Å². The Hall–Kier alpha value is -3.29. The highest BCUT2D eigenvalue weighted by Gasteiger charge is 2.22. The van der Waals surface area contributed by atoms with Gasteiger partial charge in [-0.05, 0) is 24.3 Å². The lowest BCUT2D eigenvalue weighted by molar-refractivity contribution is 0.0822. The molecule has 1 aliphatic rings. The largest absolute Gasteiger partial charge is 0.508 e. The number of aromatic nitrogens is 1. The predicted octanol–water partition coefficient (Wildman–Crippen LogP) is 1.84. The Morgan fingerprint density at radius 1 is 1.11 bits per heavy atom. The summed E-state index contributed by atoms with van der Waals surface area (Å²) in [5, 5.41) is 12.4. The molecule has 2 aromatic rings. The Labute approximate surface area is 158 Å². The lowest BCUT2D eigenvalue weighted by atomic mass is 10.2. The van der Waals surface area contributed by atoms with Gasteiger partial charge < -0.3 is 25.1 Å². The molecule has 0 aliphatic carbocycles. The zero-order valence-electron chi connectivity index (χ0n) is 15.4. The maximum Gasteiger partial charge on any atom is 0.321 e. The molecular weight excluding hydrogens is 346 g/mol. The molecule has 1 aromatic heterocycles. The Morgan fingerprint density at radius 3 is 2.52 bits per heavy atom. The lowest BCUT2D eigenvalue weighted by Crippen LogP contribution is -2.50. The van der Waals surface area contributed by atoms with Crippen molar-refractivity contribution in [2.24, 2.45) is 0 Å². The fourth-order valence-corrected chi connectivity index (χ4v) is 2.91. The Balaban J connectivity index is 1.58. The first-order valence-corrected chi connectivity index (χ1v) is 8.71. The molecule has 2 heterocycles. The van der Waals surface area contributed by atoms with Crippen LogP contribution in [0.25, 0.3) is 0 Å². The van der Waals surface area contributed by atoms with Crippen LogP contribution in [0.4, 0.5) is 16.2 Å². The number of nitrogens with zero attached hydrogens (tertiary/aromatic N) is 4. The minimum Gasteiger partial charge on any atom is -0.508 e. The average molecular weight is 369 g/mol. The summed E-state index contributed by atoms with van der Waals surface area (Å²) in [7, 11) is 3.31. The number of phenolic OH excluding ortho intramolecular Hbond substituents is 1. The van der Waals surface area contributed by atoms with Crippen molar-refractivity contribution in [1.82, 2.24) is 14.8 Å². The second-order valence-corrected chi connectivity index (χ2v) is 6.55. The summed E-state index contributed by atoms with van der Waals surface area (Å²) in [5.74, 6) is 0.0132. The second-order valence-electron chi connectivity index (χ2n) is 6.55. The van der Waals surface area contributed by atoms with Crippen LogP contribution in [0.5, 0.6) is 5.75 Å². The summed E-state index contributed by atoms with van der Waals surface area (Å²) < 4.78 is 0. The van der Waals surface area contributed by atoms with Crippen molar-refractivity contribution < 1.29 is 14.7 Å². The molecule has 0 atom stereocenters. The first-order valence-electron chi connectivity index (χ1n) is 8.71. The van der Waals surface area contributed by atoms with Crippen LogP contribution in [0.1, 0.15) is 10.5 Å². The number of hydrogen-bond donors (Lipinski definition) is 2. The summed E-state index contributed by atoms with van der Waals surface area (Å²) in [5.41, 5.74) is 1.76. The van der Waals surface area contributed by atoms with Crippen LogP contribution >= 0.6 is 0 Å². The van der Waals surface area contributed by atoms with E-state index in [1.807, 2.05) is 6.07 Å². The van der Waals surface area contributed by atoms with Gasteiger partial charge in [0.25, 0.3) is 5.91 Å². The van der Waals surface area contributed by atoms with Gasteiger partial charge in [-0.25, -0.2) is 4.79 Å². The standard InChI is InChI=1S/C19H23N5O3/c1-22(2)18(26)17-12-14(6-7-20-17)21-19(27)24-10-8-23(9-11-24)15-4-3-5-16(25)13-15/h3-7,12-13,25H,8-11H2,1-2H3,(H,20,21,27). The van der Waals surface area contributed by atoms with Gasteiger partial charge in [0.15, 0.2) is 0 Å². The Bertz CT molecular complexity index is 832. The van der Waals surface area contributed by atoms with Crippen molar-refractivity contribution in [2.75, 3.05) is 50.5 Å². The van der Waals surface area contributed by atoms with Crippen LogP contribution in [0, 0.1) is 0 Å². The highest BCUT2D eigenvalue weighted by atomic mass is 16.3. The molecule has 1 fully saturated rings. The highest BCUT2D eigenvalue weighted by molar-refractivity contribution is 5.95. The van der Waals surface area contributed by atoms with Crippen LogP contribution in [0.2, 0.25) is 0 Å². The van der Waals surface area contributed by atoms with Crippen LogP contribution in [0.15, 0.2) is 42.6 Å². The molecule has 8 nitrogen and oxygen atoms in total. The number of urea groups is 1. The number of anilines is 2. The lowest BCUT2D eigenvalue weighted by Gasteiger charge is -2.36. The summed E-state index contributed by atoms with van der Waals surface area (Å²) in [6, 6.07) is 10.1. The molecule has 0 radical (unpaired) electrons. The van der Waals surface area contributed by atoms with Crippen molar-refractivity contribution in [3.8, 4) is 5.75 Å². The highest BCUT2D eigenvalue weighted by Crippen LogP contribution is 2.21. The molecule has 0 unspecified atom stereocenters. The van der Waals surface area contributed by atoms with Crippen molar-refractivity contribution in [2.45, 2.75) is 0 Å². The van der Waals surface area contributed by atoms with Crippen LogP contribution in [0.3, 0.4) is 0 Å². The normalized spacial score (nSPS) is 14.0. The van der Waals surface area contributed by atoms with Gasteiger partial charge in [-0.2, -0.15) is 0 Å². The van der Waals surface area contributed by atoms with Gasteiger partial charge in [0.2, 0.25) is 0 Å². The van der Waals surface area contributed by atoms with Crippen LogP contribution in [-0.2, 0) is 0 Å². The monoisotopic (exact) mass is 369 g/mol. The van der Waals surface area contributed by atoms with Crippen molar-refractivity contribution in [3.63, 3.8) is 0 Å². The SMILES string of the molecule is CN(C)C(=O)c1cc(NC(=O)N2CCN(c3cccc(O)c3)CC2)ccn1. The molecule has 1 aromatic carbocycles. The molecule has 0 saturated carbocycles. The second kappa shape index (κ2) is 7.94. The number of carbonyl (C=O) groups excluding carboxylic acids is 2. The first kappa shape index (κ1) is 18.5. The van der Waals surface area contributed by atoms with E-state index in [0.717, 1.165) is 5.69 Å². The third-order valence-electron chi connectivity index (χ3n) is 4.40. The summed E-state index contributed by atoms with van der Waals surface area (Å²) in [6.07, 6.45) is 1.51. The number of nitrogens with one attached hydrogen (secondary N) is 1. The number of aromatic hydroxyl groups is 1. The third-order valence-corrected chi connectivity index (χ3v) is 4.40. The molecule has 0 spiro atoms. The molecule has 1 aliphatic heterocycles. The zero-order chi connectivity index (χ0) is 19.4. The zero-order valence-corrected chi connectivity index (χ0v) is 15.4. The van der Waals surface area contributed by atoms with E-state index in [0.29, 0.717) is 31.9 Å². The first-order chi connectivity index (χ1) is 12.9.